The van der Waals surface area contributed by atoms with E-state index in [1.165, 1.54) is 0 Å². The third-order valence-corrected chi connectivity index (χ3v) is 5.62. The van der Waals surface area contributed by atoms with Crippen molar-refractivity contribution >= 4 is 5.97 Å². The van der Waals surface area contributed by atoms with E-state index in [0.29, 0.717) is 26.2 Å². The van der Waals surface area contributed by atoms with E-state index in [0.717, 1.165) is 43.0 Å². The minimum atomic E-state index is -0.561. The summed E-state index contributed by atoms with van der Waals surface area (Å²) in [6.45, 7) is 5.28. The van der Waals surface area contributed by atoms with E-state index in [1.54, 1.807) is 0 Å². The lowest BCUT2D eigenvalue weighted by molar-refractivity contribution is -0.160. The fourth-order valence-electron chi connectivity index (χ4n) is 4.16. The van der Waals surface area contributed by atoms with Gasteiger partial charge in [0.1, 0.15) is 18.1 Å². The van der Waals surface area contributed by atoms with Crippen molar-refractivity contribution in [2.75, 3.05) is 39.5 Å². The highest BCUT2D eigenvalue weighted by atomic mass is 16.5. The highest BCUT2D eigenvalue weighted by Crippen LogP contribution is 2.36. The van der Waals surface area contributed by atoms with Gasteiger partial charge in [-0.25, -0.2) is 0 Å². The second-order valence-electron chi connectivity index (χ2n) is 7.95. The quantitative estimate of drug-likeness (QED) is 0.552. The molecule has 2 aromatic carbocycles. The van der Waals surface area contributed by atoms with Crippen LogP contribution in [0.5, 0.6) is 11.5 Å². The maximum atomic E-state index is 13.0. The lowest BCUT2D eigenvalue weighted by atomic mass is 9.77. The molecule has 0 spiro atoms. The third kappa shape index (κ3) is 6.71. The van der Waals surface area contributed by atoms with E-state index >= 15 is 0 Å². The summed E-state index contributed by atoms with van der Waals surface area (Å²) in [5.74, 6) is 1.43. The average molecular weight is 428 g/mol. The van der Waals surface area contributed by atoms with Crippen molar-refractivity contribution in [2.24, 2.45) is 5.41 Å². The number of hydrogen-bond acceptors (Lipinski definition) is 6. The largest absolute Gasteiger partial charge is 0.494 e. The van der Waals surface area contributed by atoms with Crippen LogP contribution >= 0.6 is 0 Å². The molecule has 0 radical (unpaired) electrons. The van der Waals surface area contributed by atoms with Crippen LogP contribution in [0.4, 0.5) is 0 Å². The van der Waals surface area contributed by atoms with Crippen LogP contribution in [0.15, 0.2) is 54.6 Å². The van der Waals surface area contributed by atoms with E-state index in [9.17, 15) is 4.79 Å². The molecule has 2 aromatic rings. The van der Waals surface area contributed by atoms with Gasteiger partial charge in [0.05, 0.1) is 25.2 Å². The standard InChI is InChI=1S/C25H33NO5/c1-2-29-24(28)25(13-16-30-22-9-4-3-5-10-22)12-7-14-26(20-25)19-21-8-6-11-23(18-21)31-17-15-27/h3-6,8-11,18,27H,2,7,12-17,19-20H2,1H3. The molecule has 1 unspecified atom stereocenters. The molecule has 1 heterocycles. The number of benzene rings is 2. The predicted molar refractivity (Wildman–Crippen MR) is 119 cm³/mol. The number of piperidine rings is 1. The normalized spacial score (nSPS) is 19.0. The molecule has 1 N–H and O–H groups in total. The molecule has 1 aliphatic heterocycles. The fourth-order valence-corrected chi connectivity index (χ4v) is 4.16. The summed E-state index contributed by atoms with van der Waals surface area (Å²) < 4.78 is 16.9. The number of nitrogens with zero attached hydrogens (tertiary/aromatic N) is 1. The molecule has 168 valence electrons. The van der Waals surface area contributed by atoms with Crippen molar-refractivity contribution in [1.29, 1.82) is 0 Å². The molecule has 0 bridgehead atoms. The maximum absolute atomic E-state index is 13.0. The first kappa shape index (κ1) is 23.1. The number of hydrogen-bond donors (Lipinski definition) is 1. The van der Waals surface area contributed by atoms with Gasteiger partial charge in [0.15, 0.2) is 0 Å². The molecule has 0 aliphatic carbocycles. The smallest absolute Gasteiger partial charge is 0.313 e. The summed E-state index contributed by atoms with van der Waals surface area (Å²) in [5, 5.41) is 8.97. The molecule has 6 nitrogen and oxygen atoms in total. The highest BCUT2D eigenvalue weighted by molar-refractivity contribution is 5.77. The summed E-state index contributed by atoms with van der Waals surface area (Å²) in [5.41, 5.74) is 0.559. The summed E-state index contributed by atoms with van der Waals surface area (Å²) in [6.07, 6.45) is 2.36. The zero-order valence-electron chi connectivity index (χ0n) is 18.3. The van der Waals surface area contributed by atoms with Crippen LogP contribution in [0.25, 0.3) is 0 Å². The van der Waals surface area contributed by atoms with Crippen molar-refractivity contribution in [3.8, 4) is 11.5 Å². The summed E-state index contributed by atoms with van der Waals surface area (Å²) >= 11 is 0. The van der Waals surface area contributed by atoms with Gasteiger partial charge in [-0.3, -0.25) is 9.69 Å². The van der Waals surface area contributed by atoms with Crippen molar-refractivity contribution < 1.29 is 24.1 Å². The molecule has 1 atom stereocenters. The van der Waals surface area contributed by atoms with Crippen LogP contribution in [0, 0.1) is 5.41 Å². The number of carbonyl (C=O) groups is 1. The molecule has 0 saturated carbocycles. The molecule has 0 aromatic heterocycles. The molecule has 1 aliphatic rings. The van der Waals surface area contributed by atoms with Crippen LogP contribution in [-0.4, -0.2) is 55.5 Å². The Bertz CT molecular complexity index is 813. The monoisotopic (exact) mass is 427 g/mol. The topological polar surface area (TPSA) is 68.2 Å². The van der Waals surface area contributed by atoms with Gasteiger partial charge in [0, 0.05) is 13.1 Å². The summed E-state index contributed by atoms with van der Waals surface area (Å²) in [7, 11) is 0. The van der Waals surface area contributed by atoms with Gasteiger partial charge in [-0.05, 0) is 62.6 Å². The number of para-hydroxylation sites is 1. The molecular weight excluding hydrogens is 394 g/mol. The second-order valence-corrected chi connectivity index (χ2v) is 7.95. The summed E-state index contributed by atoms with van der Waals surface area (Å²) in [6, 6.07) is 17.6. The van der Waals surface area contributed by atoms with Crippen molar-refractivity contribution in [1.82, 2.24) is 4.90 Å². The number of aliphatic hydroxyl groups is 1. The van der Waals surface area contributed by atoms with Crippen molar-refractivity contribution in [3.63, 3.8) is 0 Å². The molecule has 0 amide bonds. The van der Waals surface area contributed by atoms with Gasteiger partial charge in [0.2, 0.25) is 0 Å². The molecule has 1 saturated heterocycles. The average Bonchev–Trinajstić information content (AvgIpc) is 2.79. The predicted octanol–water partition coefficient (Wildman–Crippen LogP) is 3.67. The third-order valence-electron chi connectivity index (χ3n) is 5.62. The number of aliphatic hydroxyl groups excluding tert-OH is 1. The van der Waals surface area contributed by atoms with Gasteiger partial charge in [-0.2, -0.15) is 0 Å². The van der Waals surface area contributed by atoms with E-state index in [-0.39, 0.29) is 19.2 Å². The first-order chi connectivity index (χ1) is 15.1. The van der Waals surface area contributed by atoms with E-state index < -0.39 is 5.41 Å². The van der Waals surface area contributed by atoms with Gasteiger partial charge in [-0.1, -0.05) is 30.3 Å². The maximum Gasteiger partial charge on any atom is 0.313 e. The Kier molecular flexibility index (Phi) is 8.74. The van der Waals surface area contributed by atoms with E-state index in [2.05, 4.69) is 11.0 Å². The second kappa shape index (κ2) is 11.7. The number of likely N-dealkylation sites (tertiary alicyclic amines) is 1. The Morgan fingerprint density at radius 3 is 2.61 bits per heavy atom. The van der Waals surface area contributed by atoms with E-state index in [1.807, 2.05) is 55.5 Å². The Labute approximate surface area is 184 Å². The molecule has 31 heavy (non-hydrogen) atoms. The van der Waals surface area contributed by atoms with E-state index in [4.69, 9.17) is 19.3 Å². The number of esters is 1. The number of carbonyl (C=O) groups excluding carboxylic acids is 1. The van der Waals surface area contributed by atoms with Crippen LogP contribution < -0.4 is 9.47 Å². The first-order valence-electron chi connectivity index (χ1n) is 11.1. The molecular formula is C25H33NO5. The number of rotatable bonds is 11. The Morgan fingerprint density at radius 2 is 1.84 bits per heavy atom. The van der Waals surface area contributed by atoms with Crippen LogP contribution in [0.2, 0.25) is 0 Å². The van der Waals surface area contributed by atoms with Crippen LogP contribution in [0.3, 0.4) is 0 Å². The SMILES string of the molecule is CCOC(=O)C1(CCOc2ccccc2)CCCN(Cc2cccc(OCCO)c2)C1. The fraction of sp³-hybridized carbons (Fsp3) is 0.480. The minimum absolute atomic E-state index is 0.0105. The van der Waals surface area contributed by atoms with Crippen LogP contribution in [-0.2, 0) is 16.1 Å². The van der Waals surface area contributed by atoms with Gasteiger partial charge in [0.25, 0.3) is 0 Å². The highest BCUT2D eigenvalue weighted by Gasteiger charge is 2.43. The van der Waals surface area contributed by atoms with Gasteiger partial charge < -0.3 is 19.3 Å². The van der Waals surface area contributed by atoms with Crippen molar-refractivity contribution in [2.45, 2.75) is 32.7 Å². The van der Waals surface area contributed by atoms with Crippen molar-refractivity contribution in [3.05, 3.63) is 60.2 Å². The summed E-state index contributed by atoms with van der Waals surface area (Å²) in [4.78, 5) is 15.3. The van der Waals surface area contributed by atoms with Gasteiger partial charge in [-0.15, -0.1) is 0 Å². The molecule has 1 fully saturated rings. The van der Waals surface area contributed by atoms with Gasteiger partial charge >= 0.3 is 5.97 Å². The Morgan fingerprint density at radius 1 is 1.06 bits per heavy atom. The lowest BCUT2D eigenvalue weighted by Crippen LogP contribution is -2.49. The van der Waals surface area contributed by atoms with Crippen LogP contribution in [0.1, 0.15) is 31.7 Å². The zero-order valence-corrected chi connectivity index (χ0v) is 18.3. The number of ether oxygens (including phenoxy) is 3. The minimum Gasteiger partial charge on any atom is -0.494 e. The first-order valence-corrected chi connectivity index (χ1v) is 11.1. The molecule has 6 heteroatoms. The Hall–Kier alpha value is -2.57. The molecule has 3 rings (SSSR count). The Balaban J connectivity index is 1.66. The lowest BCUT2D eigenvalue weighted by Gasteiger charge is -2.41. The zero-order chi connectivity index (χ0) is 21.9.